The first-order valence-corrected chi connectivity index (χ1v) is 11.5. The molecule has 1 saturated heterocycles. The number of hydrogen-bond acceptors (Lipinski definition) is 5. The van der Waals surface area contributed by atoms with E-state index in [4.69, 9.17) is 4.74 Å². The Morgan fingerprint density at radius 1 is 1.10 bits per heavy atom. The first kappa shape index (κ1) is 22.1. The Morgan fingerprint density at radius 3 is 2.43 bits per heavy atom. The Labute approximate surface area is 178 Å². The van der Waals surface area contributed by atoms with Gasteiger partial charge >= 0.3 is 0 Å². The number of aryl methyl sites for hydroxylation is 2. The quantitative estimate of drug-likeness (QED) is 0.704. The summed E-state index contributed by atoms with van der Waals surface area (Å²) in [6.45, 7) is 5.60. The van der Waals surface area contributed by atoms with Crippen LogP contribution < -0.4 is 14.8 Å². The maximum Gasteiger partial charge on any atom is 0.261 e. The van der Waals surface area contributed by atoms with Gasteiger partial charge in [0.2, 0.25) is 0 Å². The van der Waals surface area contributed by atoms with Crippen LogP contribution in [0, 0.1) is 13.8 Å². The summed E-state index contributed by atoms with van der Waals surface area (Å²) in [5.74, 6) is 0.275. The van der Waals surface area contributed by atoms with Crippen LogP contribution in [0.4, 0.5) is 5.69 Å². The zero-order chi connectivity index (χ0) is 21.7. The molecule has 7 nitrogen and oxygen atoms in total. The number of nitrogens with zero attached hydrogens (tertiary/aromatic N) is 1. The van der Waals surface area contributed by atoms with Gasteiger partial charge in [-0.1, -0.05) is 12.1 Å². The van der Waals surface area contributed by atoms with Crippen molar-refractivity contribution >= 4 is 21.6 Å². The number of likely N-dealkylation sites (tertiary alicyclic amines) is 1. The lowest BCUT2D eigenvalue weighted by molar-refractivity contribution is -0.124. The molecular weight excluding hydrogens is 402 g/mol. The Balaban J connectivity index is 1.55. The van der Waals surface area contributed by atoms with E-state index in [2.05, 4.69) is 22.0 Å². The normalized spacial score (nSPS) is 15.6. The second-order valence-corrected chi connectivity index (χ2v) is 9.51. The van der Waals surface area contributed by atoms with Crippen LogP contribution >= 0.6 is 0 Å². The number of ether oxygens (including phenoxy) is 1. The molecule has 1 fully saturated rings. The summed E-state index contributed by atoms with van der Waals surface area (Å²) in [6, 6.07) is 11.8. The number of carbonyl (C=O) groups is 1. The number of piperidine rings is 1. The summed E-state index contributed by atoms with van der Waals surface area (Å²) in [4.78, 5) is 14.5. The lowest BCUT2D eigenvalue weighted by atomic mass is 10.1. The fourth-order valence-corrected chi connectivity index (χ4v) is 4.46. The number of anilines is 1. The summed E-state index contributed by atoms with van der Waals surface area (Å²) >= 11 is 0. The molecule has 2 N–H and O–H groups in total. The lowest BCUT2D eigenvalue weighted by Crippen LogP contribution is -2.44. The zero-order valence-corrected chi connectivity index (χ0v) is 18.5. The van der Waals surface area contributed by atoms with Crippen LogP contribution in [-0.4, -0.2) is 52.0 Å². The molecule has 2 aromatic carbocycles. The van der Waals surface area contributed by atoms with Gasteiger partial charge in [-0.2, -0.15) is 0 Å². The van der Waals surface area contributed by atoms with Gasteiger partial charge in [-0.05, 0) is 88.3 Å². The monoisotopic (exact) mass is 431 g/mol. The summed E-state index contributed by atoms with van der Waals surface area (Å²) in [7, 11) is -1.64. The molecule has 0 spiro atoms. The summed E-state index contributed by atoms with van der Waals surface area (Å²) in [5.41, 5.74) is 2.38. The molecule has 0 saturated carbocycles. The number of carbonyl (C=O) groups excluding carboxylic acids is 1. The van der Waals surface area contributed by atoms with Crippen molar-refractivity contribution in [2.45, 2.75) is 37.6 Å². The predicted molar refractivity (Wildman–Crippen MR) is 117 cm³/mol. The van der Waals surface area contributed by atoms with Crippen LogP contribution in [0.25, 0.3) is 0 Å². The van der Waals surface area contributed by atoms with Crippen molar-refractivity contribution in [3.8, 4) is 5.75 Å². The van der Waals surface area contributed by atoms with Gasteiger partial charge in [-0.25, -0.2) is 8.42 Å². The average Bonchev–Trinajstić information content (AvgIpc) is 2.71. The van der Waals surface area contributed by atoms with Crippen molar-refractivity contribution in [3.63, 3.8) is 0 Å². The van der Waals surface area contributed by atoms with Gasteiger partial charge < -0.3 is 15.0 Å². The number of rotatable bonds is 7. The van der Waals surface area contributed by atoms with Gasteiger partial charge in [0.25, 0.3) is 15.9 Å². The summed E-state index contributed by atoms with van der Waals surface area (Å²) < 4.78 is 33.5. The molecule has 0 bridgehead atoms. The van der Waals surface area contributed by atoms with E-state index in [0.717, 1.165) is 37.1 Å². The van der Waals surface area contributed by atoms with Gasteiger partial charge in [0.1, 0.15) is 5.75 Å². The van der Waals surface area contributed by atoms with Crippen molar-refractivity contribution < 1.29 is 17.9 Å². The molecule has 1 aliphatic heterocycles. The highest BCUT2D eigenvalue weighted by atomic mass is 32.2. The number of amides is 1. The molecule has 1 amide bonds. The maximum absolute atomic E-state index is 12.7. The second kappa shape index (κ2) is 9.49. The molecule has 0 atom stereocenters. The van der Waals surface area contributed by atoms with Gasteiger partial charge in [0.15, 0.2) is 6.61 Å². The third kappa shape index (κ3) is 5.96. The minimum Gasteiger partial charge on any atom is -0.484 e. The van der Waals surface area contributed by atoms with E-state index in [1.165, 1.54) is 12.1 Å². The number of hydrogen-bond donors (Lipinski definition) is 2. The highest BCUT2D eigenvalue weighted by Gasteiger charge is 2.19. The molecule has 0 radical (unpaired) electrons. The third-order valence-corrected chi connectivity index (χ3v) is 6.61. The molecule has 1 heterocycles. The van der Waals surface area contributed by atoms with E-state index < -0.39 is 10.0 Å². The van der Waals surface area contributed by atoms with Crippen LogP contribution in [0.2, 0.25) is 0 Å². The van der Waals surface area contributed by atoms with E-state index in [0.29, 0.717) is 11.4 Å². The molecule has 0 unspecified atom stereocenters. The summed E-state index contributed by atoms with van der Waals surface area (Å²) in [5, 5.41) is 2.99. The van der Waals surface area contributed by atoms with Crippen molar-refractivity contribution in [1.82, 2.24) is 10.2 Å². The zero-order valence-electron chi connectivity index (χ0n) is 17.6. The van der Waals surface area contributed by atoms with E-state index >= 15 is 0 Å². The van der Waals surface area contributed by atoms with Crippen molar-refractivity contribution in [2.24, 2.45) is 0 Å². The fourth-order valence-electron chi connectivity index (χ4n) is 3.34. The van der Waals surface area contributed by atoms with Gasteiger partial charge in [-0.15, -0.1) is 0 Å². The van der Waals surface area contributed by atoms with Crippen LogP contribution in [0.3, 0.4) is 0 Å². The predicted octanol–water partition coefficient (Wildman–Crippen LogP) is 2.69. The number of sulfonamides is 1. The van der Waals surface area contributed by atoms with Gasteiger partial charge in [-0.3, -0.25) is 9.52 Å². The molecule has 30 heavy (non-hydrogen) atoms. The minimum absolute atomic E-state index is 0.0980. The molecule has 0 aliphatic carbocycles. The summed E-state index contributed by atoms with van der Waals surface area (Å²) in [6.07, 6.45) is 1.87. The Kier molecular flexibility index (Phi) is 6.99. The first-order valence-electron chi connectivity index (χ1n) is 10.0. The average molecular weight is 432 g/mol. The molecule has 162 valence electrons. The van der Waals surface area contributed by atoms with Crippen molar-refractivity contribution in [1.29, 1.82) is 0 Å². The van der Waals surface area contributed by atoms with Gasteiger partial charge in [0, 0.05) is 6.04 Å². The van der Waals surface area contributed by atoms with Crippen LogP contribution in [0.1, 0.15) is 24.0 Å². The van der Waals surface area contributed by atoms with Gasteiger partial charge in [0.05, 0.1) is 10.6 Å². The van der Waals surface area contributed by atoms with E-state index in [9.17, 15) is 13.2 Å². The highest BCUT2D eigenvalue weighted by molar-refractivity contribution is 7.92. The van der Waals surface area contributed by atoms with Crippen LogP contribution in [0.5, 0.6) is 5.75 Å². The van der Waals surface area contributed by atoms with Crippen molar-refractivity contribution in [2.75, 3.05) is 31.5 Å². The van der Waals surface area contributed by atoms with Crippen molar-refractivity contribution in [3.05, 3.63) is 53.6 Å². The maximum atomic E-state index is 12.7. The molecular formula is C22H29N3O4S. The van der Waals surface area contributed by atoms with Crippen LogP contribution in [-0.2, 0) is 14.8 Å². The Hall–Kier alpha value is -2.58. The topological polar surface area (TPSA) is 87.7 Å². The van der Waals surface area contributed by atoms with Crippen LogP contribution in [0.15, 0.2) is 47.4 Å². The molecule has 2 aromatic rings. The Morgan fingerprint density at radius 2 is 1.77 bits per heavy atom. The minimum atomic E-state index is -3.71. The first-order chi connectivity index (χ1) is 14.2. The van der Waals surface area contributed by atoms with E-state index in [-0.39, 0.29) is 23.5 Å². The smallest absolute Gasteiger partial charge is 0.261 e. The lowest BCUT2D eigenvalue weighted by Gasteiger charge is -2.29. The Bertz CT molecular complexity index is 982. The van der Waals surface area contributed by atoms with E-state index in [1.54, 1.807) is 18.2 Å². The highest BCUT2D eigenvalue weighted by Crippen LogP contribution is 2.22. The fraction of sp³-hybridized carbons (Fsp3) is 0.409. The second-order valence-electron chi connectivity index (χ2n) is 7.83. The molecule has 3 rings (SSSR count). The standard InChI is InChI=1S/C22H29N3O4S/c1-16-4-5-17(2)21(14-16)24-30(27,28)20-8-6-19(7-9-20)29-15-22(26)23-18-10-12-25(3)13-11-18/h4-9,14,18,24H,10-13,15H2,1-3H3,(H,23,26). The molecule has 1 aliphatic rings. The number of benzene rings is 2. The third-order valence-electron chi connectivity index (χ3n) is 5.23. The molecule has 0 aromatic heterocycles. The van der Waals surface area contributed by atoms with E-state index in [1.807, 2.05) is 26.0 Å². The largest absolute Gasteiger partial charge is 0.484 e. The molecule has 8 heteroatoms. The SMILES string of the molecule is Cc1ccc(C)c(NS(=O)(=O)c2ccc(OCC(=O)NC3CCN(C)CC3)cc2)c1. The number of nitrogens with one attached hydrogen (secondary N) is 2.